The second-order valence-corrected chi connectivity index (χ2v) is 7.30. The first kappa shape index (κ1) is 25.1. The third kappa shape index (κ3) is 8.64. The monoisotopic (exact) mass is 418 g/mol. The van der Waals surface area contributed by atoms with E-state index >= 15 is 0 Å². The average molecular weight is 419 g/mol. The number of phenols is 4. The maximum absolute atomic E-state index is 11.6. The number of ether oxygens (including phenoxy) is 1. The van der Waals surface area contributed by atoms with Crippen molar-refractivity contribution in [3.63, 3.8) is 0 Å². The van der Waals surface area contributed by atoms with Crippen molar-refractivity contribution in [1.82, 2.24) is 0 Å². The number of carbonyl (C=O) groups is 1. The number of phenolic OH excluding ortho intramolecular Hbond substituents is 4. The molecule has 30 heavy (non-hydrogen) atoms. The Morgan fingerprint density at radius 1 is 0.833 bits per heavy atom. The van der Waals surface area contributed by atoms with Crippen molar-refractivity contribution in [3.05, 3.63) is 47.0 Å². The van der Waals surface area contributed by atoms with E-state index in [0.29, 0.717) is 12.4 Å². The van der Waals surface area contributed by atoms with Crippen LogP contribution in [0.25, 0.3) is 0 Å². The number of benzene rings is 2. The molecule has 0 saturated heterocycles. The topological polar surface area (TPSA) is 107 Å². The van der Waals surface area contributed by atoms with Crippen molar-refractivity contribution in [2.24, 2.45) is 0 Å². The summed E-state index contributed by atoms with van der Waals surface area (Å²) in [7, 11) is 0. The number of aryl methyl sites for hydroxylation is 2. The van der Waals surface area contributed by atoms with Gasteiger partial charge in [0, 0.05) is 0 Å². The molecule has 0 aromatic heterocycles. The van der Waals surface area contributed by atoms with Crippen molar-refractivity contribution in [1.29, 1.82) is 0 Å². The summed E-state index contributed by atoms with van der Waals surface area (Å²) in [6.07, 6.45) is 7.30. The number of aromatic hydroxyl groups is 4. The molecule has 0 bridgehead atoms. The Hall–Kier alpha value is -2.89. The Bertz CT molecular complexity index is 777. The normalized spacial score (nSPS) is 10.2. The van der Waals surface area contributed by atoms with E-state index in [0.717, 1.165) is 56.2 Å². The molecule has 0 spiro atoms. The van der Waals surface area contributed by atoms with Crippen molar-refractivity contribution < 1.29 is 30.0 Å². The average Bonchev–Trinajstić information content (AvgIpc) is 2.72. The van der Waals surface area contributed by atoms with Gasteiger partial charge >= 0.3 is 5.97 Å². The standard InChI is InChI=1S/C13H18O5.C11H16O/c1-2-3-4-5-6-18-13(17)9-7-10(14)12(16)11(15)8-9;1-3-4-5-10-8-9(2)6-7-11(10)12/h7-8,14-16H,2-6H2,1H3;6-8,12H,3-5H2,1-2H3. The fraction of sp³-hybridized carbons (Fsp3) is 0.458. The first-order valence-corrected chi connectivity index (χ1v) is 10.5. The predicted octanol–water partition coefficient (Wildman–Crippen LogP) is 5.58. The first-order valence-electron chi connectivity index (χ1n) is 10.5. The number of hydrogen-bond donors (Lipinski definition) is 4. The minimum absolute atomic E-state index is 0.0123. The minimum atomic E-state index is -0.644. The van der Waals surface area contributed by atoms with Crippen LogP contribution in [0.2, 0.25) is 0 Å². The summed E-state index contributed by atoms with van der Waals surface area (Å²) in [5, 5.41) is 37.1. The molecule has 0 heterocycles. The van der Waals surface area contributed by atoms with Crippen LogP contribution in [0.5, 0.6) is 23.0 Å². The molecule has 0 amide bonds. The van der Waals surface area contributed by atoms with E-state index in [1.54, 1.807) is 6.07 Å². The quantitative estimate of drug-likeness (QED) is 0.240. The lowest BCUT2D eigenvalue weighted by Gasteiger charge is -2.06. The number of hydrogen-bond acceptors (Lipinski definition) is 6. The van der Waals surface area contributed by atoms with Crippen LogP contribution >= 0.6 is 0 Å². The number of carbonyl (C=O) groups excluding carboxylic acids is 1. The zero-order chi connectivity index (χ0) is 22.5. The van der Waals surface area contributed by atoms with E-state index in [-0.39, 0.29) is 5.56 Å². The second-order valence-electron chi connectivity index (χ2n) is 7.30. The van der Waals surface area contributed by atoms with E-state index in [4.69, 9.17) is 9.84 Å². The lowest BCUT2D eigenvalue weighted by atomic mass is 10.1. The molecule has 0 saturated carbocycles. The number of unbranched alkanes of at least 4 members (excludes halogenated alkanes) is 4. The van der Waals surface area contributed by atoms with Gasteiger partial charge in [-0.25, -0.2) is 4.79 Å². The predicted molar refractivity (Wildman–Crippen MR) is 117 cm³/mol. The van der Waals surface area contributed by atoms with Gasteiger partial charge in [-0.05, 0) is 49.9 Å². The highest BCUT2D eigenvalue weighted by Gasteiger charge is 2.14. The van der Waals surface area contributed by atoms with Gasteiger partial charge in [0.2, 0.25) is 0 Å². The Labute approximate surface area is 178 Å². The fourth-order valence-corrected chi connectivity index (χ4v) is 2.78. The Morgan fingerprint density at radius 3 is 2.07 bits per heavy atom. The van der Waals surface area contributed by atoms with E-state index in [1.165, 1.54) is 12.0 Å². The van der Waals surface area contributed by atoms with Gasteiger partial charge in [-0.3, -0.25) is 0 Å². The molecule has 0 radical (unpaired) electrons. The summed E-state index contributed by atoms with van der Waals surface area (Å²) >= 11 is 0. The zero-order valence-corrected chi connectivity index (χ0v) is 18.1. The van der Waals surface area contributed by atoms with Crippen molar-refractivity contribution in [3.8, 4) is 23.0 Å². The molecule has 0 fully saturated rings. The van der Waals surface area contributed by atoms with Gasteiger partial charge in [0.15, 0.2) is 17.2 Å². The van der Waals surface area contributed by atoms with E-state index in [1.807, 2.05) is 6.07 Å². The number of esters is 1. The molecule has 166 valence electrons. The SMILES string of the molecule is CCCCCCOC(=O)c1cc(O)c(O)c(O)c1.CCCCc1cc(C)ccc1O. The van der Waals surface area contributed by atoms with Gasteiger partial charge in [-0.15, -0.1) is 0 Å². The molecule has 0 atom stereocenters. The van der Waals surface area contributed by atoms with Crippen molar-refractivity contribution in [2.45, 2.75) is 65.7 Å². The maximum Gasteiger partial charge on any atom is 0.338 e. The highest BCUT2D eigenvalue weighted by atomic mass is 16.5. The van der Waals surface area contributed by atoms with Gasteiger partial charge in [0.25, 0.3) is 0 Å². The molecule has 4 N–H and O–H groups in total. The summed E-state index contributed by atoms with van der Waals surface area (Å²) in [6.45, 7) is 6.61. The Morgan fingerprint density at radius 2 is 1.47 bits per heavy atom. The van der Waals surface area contributed by atoms with Crippen LogP contribution in [-0.4, -0.2) is 33.0 Å². The van der Waals surface area contributed by atoms with Crippen LogP contribution in [-0.2, 0) is 11.2 Å². The van der Waals surface area contributed by atoms with Crippen LogP contribution < -0.4 is 0 Å². The van der Waals surface area contributed by atoms with Gasteiger partial charge in [-0.2, -0.15) is 0 Å². The molecule has 0 unspecified atom stereocenters. The molecule has 2 aromatic rings. The largest absolute Gasteiger partial charge is 0.508 e. The van der Waals surface area contributed by atoms with E-state index in [2.05, 4.69) is 26.8 Å². The van der Waals surface area contributed by atoms with E-state index < -0.39 is 23.2 Å². The molecule has 2 aromatic carbocycles. The lowest BCUT2D eigenvalue weighted by molar-refractivity contribution is 0.0497. The molecular formula is C24H34O6. The zero-order valence-electron chi connectivity index (χ0n) is 18.1. The van der Waals surface area contributed by atoms with Crippen LogP contribution in [0.3, 0.4) is 0 Å². The molecule has 0 aliphatic heterocycles. The second kappa shape index (κ2) is 13.4. The smallest absolute Gasteiger partial charge is 0.338 e. The third-order valence-electron chi connectivity index (χ3n) is 4.57. The Balaban J connectivity index is 0.000000325. The van der Waals surface area contributed by atoms with Gasteiger partial charge in [0.05, 0.1) is 12.2 Å². The van der Waals surface area contributed by atoms with Crippen LogP contribution in [0, 0.1) is 6.92 Å². The maximum atomic E-state index is 11.6. The summed E-state index contributed by atoms with van der Waals surface area (Å²) in [6, 6.07) is 7.89. The summed E-state index contributed by atoms with van der Waals surface area (Å²) in [4.78, 5) is 11.6. The summed E-state index contributed by atoms with van der Waals surface area (Å²) in [5.74, 6) is -1.93. The van der Waals surface area contributed by atoms with E-state index in [9.17, 15) is 20.1 Å². The van der Waals surface area contributed by atoms with Gasteiger partial charge in [0.1, 0.15) is 5.75 Å². The third-order valence-corrected chi connectivity index (χ3v) is 4.57. The fourth-order valence-electron chi connectivity index (χ4n) is 2.78. The molecule has 0 aliphatic carbocycles. The molecule has 2 rings (SSSR count). The minimum Gasteiger partial charge on any atom is -0.508 e. The van der Waals surface area contributed by atoms with Crippen LogP contribution in [0.15, 0.2) is 30.3 Å². The molecular weight excluding hydrogens is 384 g/mol. The molecule has 0 aliphatic rings. The van der Waals surface area contributed by atoms with Crippen molar-refractivity contribution in [2.75, 3.05) is 6.61 Å². The Kier molecular flexibility index (Phi) is 11.2. The molecule has 6 heteroatoms. The molecule has 6 nitrogen and oxygen atoms in total. The van der Waals surface area contributed by atoms with Gasteiger partial charge in [-0.1, -0.05) is 57.2 Å². The highest BCUT2D eigenvalue weighted by Crippen LogP contribution is 2.35. The highest BCUT2D eigenvalue weighted by molar-refractivity contribution is 5.91. The van der Waals surface area contributed by atoms with Gasteiger partial charge < -0.3 is 25.2 Å². The van der Waals surface area contributed by atoms with Crippen LogP contribution in [0.4, 0.5) is 0 Å². The lowest BCUT2D eigenvalue weighted by Crippen LogP contribution is -2.06. The van der Waals surface area contributed by atoms with Crippen molar-refractivity contribution >= 4 is 5.97 Å². The van der Waals surface area contributed by atoms with Crippen LogP contribution in [0.1, 0.15) is 73.9 Å². The summed E-state index contributed by atoms with van der Waals surface area (Å²) in [5.41, 5.74) is 2.31. The first-order chi connectivity index (χ1) is 14.3. The summed E-state index contributed by atoms with van der Waals surface area (Å²) < 4.78 is 4.98. The number of rotatable bonds is 9.